The van der Waals surface area contributed by atoms with E-state index in [1.54, 1.807) is 12.1 Å². The van der Waals surface area contributed by atoms with Crippen LogP contribution in [0.25, 0.3) is 0 Å². The molecule has 1 aliphatic rings. The molecule has 2 N–H and O–H groups in total. The van der Waals surface area contributed by atoms with Gasteiger partial charge < -0.3 is 5.32 Å². The van der Waals surface area contributed by atoms with Gasteiger partial charge in [-0.05, 0) is 43.0 Å². The predicted molar refractivity (Wildman–Crippen MR) is 61.1 cm³/mol. The number of hydrogen-bond donors (Lipinski definition) is 2. The van der Waals surface area contributed by atoms with Crippen LogP contribution >= 0.6 is 0 Å². The third kappa shape index (κ3) is 2.61. The Kier molecular flexibility index (Phi) is 3.28. The van der Waals surface area contributed by atoms with Gasteiger partial charge in [0, 0.05) is 6.54 Å². The fourth-order valence-electron chi connectivity index (χ4n) is 2.05. The zero-order valence-corrected chi connectivity index (χ0v) is 9.70. The summed E-state index contributed by atoms with van der Waals surface area (Å²) in [5.74, 6) is 0.448. The van der Waals surface area contributed by atoms with Gasteiger partial charge in [0.2, 0.25) is 0 Å². The maximum Gasteiger partial charge on any atom is 0.294 e. The van der Waals surface area contributed by atoms with Crippen LogP contribution in [0.2, 0.25) is 0 Å². The van der Waals surface area contributed by atoms with E-state index in [0.717, 1.165) is 31.5 Å². The zero-order chi connectivity index (χ0) is 11.6. The van der Waals surface area contributed by atoms with Gasteiger partial charge >= 0.3 is 0 Å². The van der Waals surface area contributed by atoms with E-state index in [1.807, 2.05) is 0 Å². The fraction of sp³-hybridized carbons (Fsp3) is 0.455. The molecule has 1 atom stereocenters. The minimum Gasteiger partial charge on any atom is -0.316 e. The number of rotatable bonds is 2. The first kappa shape index (κ1) is 11.6. The Balaban J connectivity index is 2.18. The monoisotopic (exact) mass is 241 g/mol. The third-order valence-electron chi connectivity index (χ3n) is 2.95. The maximum atomic E-state index is 10.9. The lowest BCUT2D eigenvalue weighted by atomic mass is 9.92. The van der Waals surface area contributed by atoms with E-state index in [2.05, 4.69) is 5.32 Å². The molecule has 0 radical (unpaired) electrons. The van der Waals surface area contributed by atoms with Crippen LogP contribution in [0.4, 0.5) is 0 Å². The minimum atomic E-state index is -4.07. The lowest BCUT2D eigenvalue weighted by Crippen LogP contribution is -2.28. The van der Waals surface area contributed by atoms with Crippen LogP contribution in [0.15, 0.2) is 29.2 Å². The molecule has 0 spiro atoms. The molecule has 88 valence electrons. The SMILES string of the molecule is O=S(=O)(O)c1ccc(C2CCCNC2)cc1. The van der Waals surface area contributed by atoms with Crippen molar-refractivity contribution in [1.82, 2.24) is 5.32 Å². The predicted octanol–water partition coefficient (Wildman–Crippen LogP) is 1.40. The molecular formula is C11H15NO3S. The number of hydrogen-bond acceptors (Lipinski definition) is 3. The van der Waals surface area contributed by atoms with Gasteiger partial charge in [-0.1, -0.05) is 12.1 Å². The normalized spacial score (nSPS) is 21.9. The van der Waals surface area contributed by atoms with Crippen molar-refractivity contribution in [2.45, 2.75) is 23.7 Å². The Morgan fingerprint density at radius 1 is 1.25 bits per heavy atom. The molecule has 1 aliphatic heterocycles. The highest BCUT2D eigenvalue weighted by molar-refractivity contribution is 7.85. The molecule has 1 saturated heterocycles. The molecule has 0 saturated carbocycles. The highest BCUT2D eigenvalue weighted by atomic mass is 32.2. The van der Waals surface area contributed by atoms with E-state index in [4.69, 9.17) is 4.55 Å². The fourth-order valence-corrected chi connectivity index (χ4v) is 2.53. The molecule has 1 heterocycles. The Hall–Kier alpha value is -0.910. The minimum absolute atomic E-state index is 0.0416. The first-order chi connectivity index (χ1) is 7.57. The van der Waals surface area contributed by atoms with E-state index >= 15 is 0 Å². The lowest BCUT2D eigenvalue weighted by molar-refractivity contribution is 0.461. The average molecular weight is 241 g/mol. The summed E-state index contributed by atoms with van der Waals surface area (Å²) in [6.07, 6.45) is 2.27. The molecule has 0 amide bonds. The number of nitrogens with one attached hydrogen (secondary N) is 1. The summed E-state index contributed by atoms with van der Waals surface area (Å²) in [4.78, 5) is -0.0416. The second kappa shape index (κ2) is 4.53. The Morgan fingerprint density at radius 3 is 2.44 bits per heavy atom. The van der Waals surface area contributed by atoms with Crippen LogP contribution in [0.5, 0.6) is 0 Å². The summed E-state index contributed by atoms with van der Waals surface area (Å²) in [5, 5.41) is 3.31. The van der Waals surface area contributed by atoms with Gasteiger partial charge in [0.25, 0.3) is 10.1 Å². The molecule has 1 aromatic carbocycles. The van der Waals surface area contributed by atoms with Crippen LogP contribution in [-0.4, -0.2) is 26.1 Å². The molecule has 5 heteroatoms. The van der Waals surface area contributed by atoms with E-state index < -0.39 is 10.1 Å². The van der Waals surface area contributed by atoms with Crippen molar-refractivity contribution in [1.29, 1.82) is 0 Å². The molecule has 1 aromatic rings. The van der Waals surface area contributed by atoms with Crippen LogP contribution in [-0.2, 0) is 10.1 Å². The van der Waals surface area contributed by atoms with Crippen LogP contribution < -0.4 is 5.32 Å². The largest absolute Gasteiger partial charge is 0.316 e. The van der Waals surface area contributed by atoms with Gasteiger partial charge in [-0.3, -0.25) is 4.55 Å². The smallest absolute Gasteiger partial charge is 0.294 e. The van der Waals surface area contributed by atoms with Crippen molar-refractivity contribution in [2.75, 3.05) is 13.1 Å². The molecule has 0 bridgehead atoms. The molecule has 16 heavy (non-hydrogen) atoms. The van der Waals surface area contributed by atoms with Crippen molar-refractivity contribution < 1.29 is 13.0 Å². The Labute approximate surface area is 95.4 Å². The highest BCUT2D eigenvalue weighted by Gasteiger charge is 2.16. The Bertz CT molecular complexity index is 447. The van der Waals surface area contributed by atoms with Crippen LogP contribution in [0.3, 0.4) is 0 Å². The second-order valence-corrected chi connectivity index (χ2v) is 5.51. The van der Waals surface area contributed by atoms with Crippen molar-refractivity contribution in [3.8, 4) is 0 Å². The summed E-state index contributed by atoms with van der Waals surface area (Å²) < 4.78 is 30.6. The first-order valence-electron chi connectivity index (χ1n) is 5.35. The van der Waals surface area contributed by atoms with E-state index in [0.29, 0.717) is 5.92 Å². The molecule has 1 unspecified atom stereocenters. The molecule has 0 aliphatic carbocycles. The number of piperidine rings is 1. The van der Waals surface area contributed by atoms with Gasteiger partial charge in [-0.15, -0.1) is 0 Å². The average Bonchev–Trinajstić information content (AvgIpc) is 2.29. The van der Waals surface area contributed by atoms with Crippen molar-refractivity contribution in [3.05, 3.63) is 29.8 Å². The van der Waals surface area contributed by atoms with E-state index in [-0.39, 0.29) is 4.90 Å². The maximum absolute atomic E-state index is 10.9. The van der Waals surface area contributed by atoms with Crippen LogP contribution in [0.1, 0.15) is 24.3 Å². The van der Waals surface area contributed by atoms with Gasteiger partial charge in [-0.25, -0.2) is 0 Å². The summed E-state index contributed by atoms with van der Waals surface area (Å²) in [6.45, 7) is 1.99. The van der Waals surface area contributed by atoms with Gasteiger partial charge in [-0.2, -0.15) is 8.42 Å². The molecular weight excluding hydrogens is 226 g/mol. The third-order valence-corrected chi connectivity index (χ3v) is 3.81. The zero-order valence-electron chi connectivity index (χ0n) is 8.89. The second-order valence-electron chi connectivity index (χ2n) is 4.09. The van der Waals surface area contributed by atoms with E-state index in [1.165, 1.54) is 12.1 Å². The molecule has 4 nitrogen and oxygen atoms in total. The van der Waals surface area contributed by atoms with E-state index in [9.17, 15) is 8.42 Å². The number of benzene rings is 1. The van der Waals surface area contributed by atoms with Gasteiger partial charge in [0.05, 0.1) is 4.90 Å². The summed E-state index contributed by atoms with van der Waals surface area (Å²) in [6, 6.07) is 6.47. The summed E-state index contributed by atoms with van der Waals surface area (Å²) >= 11 is 0. The topological polar surface area (TPSA) is 66.4 Å². The Morgan fingerprint density at radius 2 is 1.94 bits per heavy atom. The quantitative estimate of drug-likeness (QED) is 0.768. The summed E-state index contributed by atoms with van der Waals surface area (Å²) in [5.41, 5.74) is 1.12. The molecule has 2 rings (SSSR count). The lowest BCUT2D eigenvalue weighted by Gasteiger charge is -2.23. The standard InChI is InChI=1S/C11H15NO3S/c13-16(14,15)11-5-3-9(4-6-11)10-2-1-7-12-8-10/h3-6,10,12H,1-2,7-8H2,(H,13,14,15). The van der Waals surface area contributed by atoms with Crippen molar-refractivity contribution in [3.63, 3.8) is 0 Å². The van der Waals surface area contributed by atoms with Crippen molar-refractivity contribution in [2.24, 2.45) is 0 Å². The van der Waals surface area contributed by atoms with Crippen LogP contribution in [0, 0.1) is 0 Å². The van der Waals surface area contributed by atoms with Crippen molar-refractivity contribution >= 4 is 10.1 Å². The van der Waals surface area contributed by atoms with Gasteiger partial charge in [0.1, 0.15) is 0 Å². The first-order valence-corrected chi connectivity index (χ1v) is 6.79. The van der Waals surface area contributed by atoms with Gasteiger partial charge in [0.15, 0.2) is 0 Å². The summed E-state index contributed by atoms with van der Waals surface area (Å²) in [7, 11) is -4.07. The molecule has 1 fully saturated rings. The molecule has 0 aromatic heterocycles. The highest BCUT2D eigenvalue weighted by Crippen LogP contribution is 2.24.